The maximum Gasteiger partial charge on any atom is 0.573 e. The zero-order valence-corrected chi connectivity index (χ0v) is 35.8. The van der Waals surface area contributed by atoms with Gasteiger partial charge in [-0.1, -0.05) is 60.7 Å². The molecule has 0 aliphatic carbocycles. The molecule has 2 unspecified atom stereocenters. The summed E-state index contributed by atoms with van der Waals surface area (Å²) in [4.78, 5) is 53.4. The number of hydrogen-bond donors (Lipinski definition) is 4. The molecule has 12 nitrogen and oxygen atoms in total. The number of ketones is 2. The van der Waals surface area contributed by atoms with Crippen molar-refractivity contribution in [3.63, 3.8) is 0 Å². The first-order valence-corrected chi connectivity index (χ1v) is 20.5. The van der Waals surface area contributed by atoms with Gasteiger partial charge in [0.15, 0.2) is 11.6 Å². The van der Waals surface area contributed by atoms with E-state index in [-0.39, 0.29) is 35.5 Å². The van der Waals surface area contributed by atoms with Gasteiger partial charge in [-0.3, -0.25) is 9.59 Å². The lowest BCUT2D eigenvalue weighted by molar-refractivity contribution is -0.275. The zero-order chi connectivity index (χ0) is 49.9. The molecule has 69 heavy (non-hydrogen) atoms. The highest BCUT2D eigenvalue weighted by Gasteiger charge is 2.49. The molecule has 0 saturated heterocycles. The SMILES string of the molecule is Nc1ccc(CC(Cc2ccc(N)cc2)(C(O)C(=O)/C=C/c2ccc(OC(=O)c3ccc(OC(F)(F)F)cc3)cc2)C(O)C(=O)/C=C/c2ccc(OC(=O)c3ccc(OC(F)(F)F)cc3)cc2)cc1. The van der Waals surface area contributed by atoms with Crippen LogP contribution >= 0.6 is 0 Å². The number of esters is 2. The van der Waals surface area contributed by atoms with Crippen LogP contribution in [-0.4, -0.2) is 58.7 Å². The molecule has 6 aromatic carbocycles. The number of alkyl halides is 6. The Hall–Kier alpha value is -8.22. The number of halogens is 6. The molecule has 0 amide bonds. The van der Waals surface area contributed by atoms with E-state index < -0.39 is 65.4 Å². The van der Waals surface area contributed by atoms with Gasteiger partial charge in [-0.2, -0.15) is 0 Å². The number of carbonyl (C=O) groups excluding carboxylic acids is 4. The van der Waals surface area contributed by atoms with E-state index in [9.17, 15) is 55.7 Å². The largest absolute Gasteiger partial charge is 0.573 e. The van der Waals surface area contributed by atoms with Crippen LogP contribution in [-0.2, 0) is 22.4 Å². The molecule has 18 heteroatoms. The highest BCUT2D eigenvalue weighted by atomic mass is 19.4. The zero-order valence-electron chi connectivity index (χ0n) is 35.8. The van der Waals surface area contributed by atoms with Gasteiger partial charge < -0.3 is 40.6 Å². The summed E-state index contributed by atoms with van der Waals surface area (Å²) in [5, 5.41) is 24.2. The lowest BCUT2D eigenvalue weighted by atomic mass is 9.66. The fourth-order valence-electron chi connectivity index (χ4n) is 6.95. The normalized spacial score (nSPS) is 12.9. The van der Waals surface area contributed by atoms with Crippen LogP contribution in [0, 0.1) is 5.41 Å². The number of carbonyl (C=O) groups is 4. The summed E-state index contributed by atoms with van der Waals surface area (Å²) < 4.78 is 93.4. The summed E-state index contributed by atoms with van der Waals surface area (Å²) in [6.45, 7) is 0. The first-order chi connectivity index (χ1) is 32.6. The molecule has 6 rings (SSSR count). The van der Waals surface area contributed by atoms with Crippen LogP contribution in [0.5, 0.6) is 23.0 Å². The van der Waals surface area contributed by atoms with Crippen molar-refractivity contribution in [3.05, 3.63) is 191 Å². The minimum atomic E-state index is -4.91. The third-order valence-electron chi connectivity index (χ3n) is 10.4. The summed E-state index contributed by atoms with van der Waals surface area (Å²) in [6, 6.07) is 32.6. The lowest BCUT2D eigenvalue weighted by Gasteiger charge is -2.40. The molecule has 356 valence electrons. The summed E-state index contributed by atoms with van der Waals surface area (Å²) in [5.74, 6) is -4.45. The minimum Gasteiger partial charge on any atom is -0.423 e. The Balaban J connectivity index is 1.20. The Bertz CT molecular complexity index is 2600. The Morgan fingerprint density at radius 3 is 1.07 bits per heavy atom. The van der Waals surface area contributed by atoms with E-state index in [0.29, 0.717) is 33.6 Å². The summed E-state index contributed by atoms with van der Waals surface area (Å²) in [5.41, 5.74) is 12.5. The van der Waals surface area contributed by atoms with Crippen molar-refractivity contribution in [1.82, 2.24) is 0 Å². The number of rotatable bonds is 18. The first kappa shape index (κ1) is 50.2. The van der Waals surface area contributed by atoms with Gasteiger partial charge in [0.1, 0.15) is 35.2 Å². The molecule has 0 saturated carbocycles. The maximum absolute atomic E-state index is 14.1. The van der Waals surface area contributed by atoms with Gasteiger partial charge in [0.25, 0.3) is 0 Å². The second kappa shape index (κ2) is 21.6. The fourth-order valence-corrected chi connectivity index (χ4v) is 6.95. The number of benzene rings is 6. The van der Waals surface area contributed by atoms with Crippen LogP contribution in [0.4, 0.5) is 37.7 Å². The molecule has 0 spiro atoms. The van der Waals surface area contributed by atoms with Crippen molar-refractivity contribution in [3.8, 4) is 23.0 Å². The highest BCUT2D eigenvalue weighted by molar-refractivity contribution is 6.01. The van der Waals surface area contributed by atoms with Crippen molar-refractivity contribution in [2.24, 2.45) is 5.41 Å². The number of ether oxygens (including phenoxy) is 4. The van der Waals surface area contributed by atoms with Crippen molar-refractivity contribution in [2.75, 3.05) is 11.5 Å². The number of aliphatic hydroxyl groups excluding tert-OH is 2. The molecular weight excluding hydrogens is 915 g/mol. The monoisotopic (exact) mass is 954 g/mol. The van der Waals surface area contributed by atoms with Crippen molar-refractivity contribution >= 4 is 47.0 Å². The average Bonchev–Trinajstić information content (AvgIpc) is 3.31. The van der Waals surface area contributed by atoms with Crippen LogP contribution in [0.15, 0.2) is 158 Å². The molecule has 0 aromatic heterocycles. The van der Waals surface area contributed by atoms with E-state index in [0.717, 1.165) is 60.7 Å². The van der Waals surface area contributed by atoms with E-state index in [1.54, 1.807) is 48.5 Å². The predicted molar refractivity (Wildman–Crippen MR) is 241 cm³/mol. The molecule has 0 bridgehead atoms. The van der Waals surface area contributed by atoms with Gasteiger partial charge in [0.2, 0.25) is 0 Å². The number of nitrogens with two attached hydrogens (primary N) is 2. The Labute approximate surface area is 389 Å². The third-order valence-corrected chi connectivity index (χ3v) is 10.4. The first-order valence-electron chi connectivity index (χ1n) is 20.5. The number of aliphatic hydroxyl groups is 2. The number of anilines is 2. The molecule has 0 fully saturated rings. The molecule has 0 aliphatic heterocycles. The fraction of sp³-hybridized carbons (Fsp3) is 0.137. The van der Waals surface area contributed by atoms with Crippen LogP contribution in [0.3, 0.4) is 0 Å². The average molecular weight is 955 g/mol. The third kappa shape index (κ3) is 14.4. The van der Waals surface area contributed by atoms with Crippen molar-refractivity contribution < 1.29 is 74.7 Å². The molecule has 6 N–H and O–H groups in total. The molecular formula is C51H40F6N2O10. The second-order valence-corrected chi connectivity index (χ2v) is 15.4. The standard InChI is InChI=1S/C51H40F6N2O10/c52-50(53,54)68-41-23-11-35(12-24-41)47(64)66-39-19-5-31(6-20-39)9-27-43(60)45(62)49(29-33-1-15-37(58)16-2-33,30-34-3-17-38(59)18-4-34)46(63)44(61)28-10-32-7-21-40(22-8-32)67-48(65)36-13-25-42(26-14-36)69-51(55,56)57/h1-28,45-46,62-63H,29-30,58-59H2/b27-9+,28-10+. The summed E-state index contributed by atoms with van der Waals surface area (Å²) in [7, 11) is 0. The van der Waals surface area contributed by atoms with E-state index >= 15 is 0 Å². The van der Waals surface area contributed by atoms with Crippen LogP contribution < -0.4 is 30.4 Å². The number of hydrogen-bond acceptors (Lipinski definition) is 12. The Morgan fingerprint density at radius 2 is 0.768 bits per heavy atom. The molecule has 0 heterocycles. The van der Waals surface area contributed by atoms with Crippen molar-refractivity contribution in [2.45, 2.75) is 37.8 Å². The lowest BCUT2D eigenvalue weighted by Crippen LogP contribution is -2.54. The van der Waals surface area contributed by atoms with Crippen molar-refractivity contribution in [1.29, 1.82) is 0 Å². The summed E-state index contributed by atoms with van der Waals surface area (Å²) >= 11 is 0. The van der Waals surface area contributed by atoms with E-state index in [4.69, 9.17) is 20.9 Å². The van der Waals surface area contributed by atoms with Gasteiger partial charge in [0.05, 0.1) is 11.1 Å². The second-order valence-electron chi connectivity index (χ2n) is 15.4. The Morgan fingerprint density at radius 1 is 0.464 bits per heavy atom. The topological polar surface area (TPSA) is 198 Å². The molecule has 0 radical (unpaired) electrons. The van der Waals surface area contributed by atoms with Gasteiger partial charge in [-0.25, -0.2) is 9.59 Å². The van der Waals surface area contributed by atoms with E-state index in [1.807, 2.05) is 0 Å². The Kier molecular flexibility index (Phi) is 15.7. The molecule has 2 atom stereocenters. The van der Waals surface area contributed by atoms with Crippen LogP contribution in [0.2, 0.25) is 0 Å². The van der Waals surface area contributed by atoms with Gasteiger partial charge in [0, 0.05) is 16.8 Å². The van der Waals surface area contributed by atoms with Gasteiger partial charge in [-0.15, -0.1) is 26.3 Å². The van der Waals surface area contributed by atoms with E-state index in [2.05, 4.69) is 9.47 Å². The molecule has 0 aliphatic rings. The quantitative estimate of drug-likeness (QED) is 0.0210. The number of nitrogen functional groups attached to an aromatic ring is 2. The summed E-state index contributed by atoms with van der Waals surface area (Å²) in [6.07, 6.45) is -9.45. The van der Waals surface area contributed by atoms with Crippen LogP contribution in [0.1, 0.15) is 43.0 Å². The minimum absolute atomic E-state index is 0.0580. The van der Waals surface area contributed by atoms with Gasteiger partial charge in [-0.05, 0) is 144 Å². The van der Waals surface area contributed by atoms with E-state index in [1.165, 1.54) is 60.7 Å². The van der Waals surface area contributed by atoms with Crippen LogP contribution in [0.25, 0.3) is 12.2 Å². The molecule has 6 aromatic rings. The highest BCUT2D eigenvalue weighted by Crippen LogP contribution is 2.38. The smallest absolute Gasteiger partial charge is 0.423 e. The maximum atomic E-state index is 14.1. The van der Waals surface area contributed by atoms with Gasteiger partial charge >= 0.3 is 24.7 Å². The predicted octanol–water partition coefficient (Wildman–Crippen LogP) is 9.14.